The highest BCUT2D eigenvalue weighted by Gasteiger charge is 2.33. The molecule has 1 saturated heterocycles. The lowest BCUT2D eigenvalue weighted by atomic mass is 10.2. The fourth-order valence-electron chi connectivity index (χ4n) is 2.55. The Hall–Kier alpha value is -1.71. The highest BCUT2D eigenvalue weighted by molar-refractivity contribution is 7.89. The van der Waals surface area contributed by atoms with Crippen molar-refractivity contribution >= 4 is 10.0 Å². The van der Waals surface area contributed by atoms with Crippen LogP contribution in [0.3, 0.4) is 0 Å². The molecule has 1 atom stereocenters. The first-order chi connectivity index (χ1) is 10.9. The van der Waals surface area contributed by atoms with Crippen molar-refractivity contribution in [3.05, 3.63) is 30.0 Å². The molecule has 0 unspecified atom stereocenters. The average molecular weight is 339 g/mol. The Kier molecular flexibility index (Phi) is 4.26. The minimum atomic E-state index is -3.61. The molecular formula is C14H21N5O3S. The number of imidazole rings is 1. The Balaban J connectivity index is 1.82. The summed E-state index contributed by atoms with van der Waals surface area (Å²) in [5, 5.41) is 4.31. The number of rotatable bonds is 4. The van der Waals surface area contributed by atoms with Gasteiger partial charge in [0.05, 0.1) is 18.9 Å². The third-order valence-electron chi connectivity index (χ3n) is 4.07. The third kappa shape index (κ3) is 3.04. The van der Waals surface area contributed by atoms with E-state index in [1.807, 2.05) is 13.1 Å². The zero-order valence-electron chi connectivity index (χ0n) is 13.5. The number of aromatic nitrogens is 4. The Labute approximate surface area is 135 Å². The molecule has 1 aliphatic heterocycles. The Morgan fingerprint density at radius 3 is 2.78 bits per heavy atom. The van der Waals surface area contributed by atoms with Crippen LogP contribution in [0.2, 0.25) is 0 Å². The van der Waals surface area contributed by atoms with Gasteiger partial charge in [-0.1, -0.05) is 0 Å². The molecule has 3 heterocycles. The van der Waals surface area contributed by atoms with Gasteiger partial charge in [-0.15, -0.1) is 0 Å². The monoisotopic (exact) mass is 339 g/mol. The second kappa shape index (κ2) is 6.06. The second-order valence-electron chi connectivity index (χ2n) is 5.59. The molecule has 3 rings (SSSR count). The zero-order valence-corrected chi connectivity index (χ0v) is 14.3. The molecule has 8 nitrogen and oxygen atoms in total. The van der Waals surface area contributed by atoms with Gasteiger partial charge in [0.1, 0.15) is 5.82 Å². The highest BCUT2D eigenvalue weighted by atomic mass is 32.2. The van der Waals surface area contributed by atoms with Crippen molar-refractivity contribution in [2.75, 3.05) is 19.7 Å². The maximum atomic E-state index is 12.8. The van der Waals surface area contributed by atoms with Crippen LogP contribution in [0.5, 0.6) is 0 Å². The SMILES string of the molecule is CCn1cc([C@H]2CN(S(=O)(=O)c3cn(C)c(C)n3)CCO2)cn1. The van der Waals surface area contributed by atoms with E-state index in [2.05, 4.69) is 10.1 Å². The van der Waals surface area contributed by atoms with Gasteiger partial charge in [0.25, 0.3) is 10.0 Å². The zero-order chi connectivity index (χ0) is 16.6. The number of nitrogens with zero attached hydrogens (tertiary/aromatic N) is 5. The lowest BCUT2D eigenvalue weighted by Gasteiger charge is -2.31. The molecule has 1 fully saturated rings. The quantitative estimate of drug-likeness (QED) is 0.819. The molecule has 2 aromatic heterocycles. The Morgan fingerprint density at radius 2 is 2.17 bits per heavy atom. The van der Waals surface area contributed by atoms with Crippen LogP contribution in [0, 0.1) is 6.92 Å². The van der Waals surface area contributed by atoms with E-state index < -0.39 is 10.0 Å². The van der Waals surface area contributed by atoms with Gasteiger partial charge in [-0.05, 0) is 13.8 Å². The van der Waals surface area contributed by atoms with Gasteiger partial charge >= 0.3 is 0 Å². The van der Waals surface area contributed by atoms with Crippen LogP contribution in [0.4, 0.5) is 0 Å². The number of sulfonamides is 1. The highest BCUT2D eigenvalue weighted by Crippen LogP contribution is 2.26. The first-order valence-corrected chi connectivity index (χ1v) is 9.00. The van der Waals surface area contributed by atoms with Gasteiger partial charge in [0.2, 0.25) is 0 Å². The van der Waals surface area contributed by atoms with Crippen LogP contribution >= 0.6 is 0 Å². The summed E-state index contributed by atoms with van der Waals surface area (Å²) in [5.41, 5.74) is 0.893. The van der Waals surface area contributed by atoms with E-state index in [1.165, 1.54) is 4.31 Å². The lowest BCUT2D eigenvalue weighted by Crippen LogP contribution is -2.42. The van der Waals surface area contributed by atoms with Gasteiger partial charge < -0.3 is 9.30 Å². The summed E-state index contributed by atoms with van der Waals surface area (Å²) >= 11 is 0. The van der Waals surface area contributed by atoms with Gasteiger partial charge in [0.15, 0.2) is 5.03 Å². The molecule has 0 saturated carbocycles. The molecule has 2 aromatic rings. The van der Waals surface area contributed by atoms with E-state index in [-0.39, 0.29) is 17.7 Å². The Morgan fingerprint density at radius 1 is 1.39 bits per heavy atom. The van der Waals surface area contributed by atoms with E-state index in [9.17, 15) is 8.42 Å². The van der Waals surface area contributed by atoms with Crippen molar-refractivity contribution in [2.45, 2.75) is 31.5 Å². The van der Waals surface area contributed by atoms with E-state index in [1.54, 1.807) is 35.6 Å². The molecule has 1 aliphatic rings. The van der Waals surface area contributed by atoms with Crippen molar-refractivity contribution in [1.29, 1.82) is 0 Å². The molecule has 126 valence electrons. The predicted molar refractivity (Wildman–Crippen MR) is 83.3 cm³/mol. The standard InChI is InChI=1S/C14H21N5O3S/c1-4-18-8-12(7-15-18)13-9-19(5-6-22-13)23(20,21)14-10-17(3)11(2)16-14/h7-8,10,13H,4-6,9H2,1-3H3/t13-/m1/s1. The fourth-order valence-corrected chi connectivity index (χ4v) is 4.00. The summed E-state index contributed by atoms with van der Waals surface area (Å²) < 4.78 is 36.2. The minimum absolute atomic E-state index is 0.0856. The van der Waals surface area contributed by atoms with E-state index in [4.69, 9.17) is 4.74 Å². The normalized spacial score (nSPS) is 20.0. The smallest absolute Gasteiger partial charge is 0.262 e. The number of ether oxygens (including phenoxy) is 1. The topological polar surface area (TPSA) is 82.2 Å². The average Bonchev–Trinajstić information content (AvgIpc) is 3.15. The van der Waals surface area contributed by atoms with Crippen molar-refractivity contribution in [1.82, 2.24) is 23.6 Å². The number of aryl methyl sites for hydroxylation is 3. The second-order valence-corrected chi connectivity index (χ2v) is 7.47. The molecule has 9 heteroatoms. The molecule has 0 aliphatic carbocycles. The van der Waals surface area contributed by atoms with Crippen LogP contribution in [0.15, 0.2) is 23.6 Å². The summed E-state index contributed by atoms with van der Waals surface area (Å²) in [7, 11) is -1.83. The van der Waals surface area contributed by atoms with Crippen molar-refractivity contribution in [3.63, 3.8) is 0 Å². The maximum absolute atomic E-state index is 12.8. The summed E-state index contributed by atoms with van der Waals surface area (Å²) in [5.74, 6) is 0.664. The van der Waals surface area contributed by atoms with Crippen molar-refractivity contribution in [3.8, 4) is 0 Å². The van der Waals surface area contributed by atoms with Gasteiger partial charge in [-0.3, -0.25) is 4.68 Å². The first-order valence-electron chi connectivity index (χ1n) is 7.56. The molecule has 0 amide bonds. The molecule has 0 N–H and O–H groups in total. The van der Waals surface area contributed by atoms with Gasteiger partial charge in [0, 0.05) is 44.6 Å². The van der Waals surface area contributed by atoms with Crippen LogP contribution < -0.4 is 0 Å². The minimum Gasteiger partial charge on any atom is -0.371 e. The predicted octanol–water partition coefficient (Wildman–Crippen LogP) is 0.707. The summed E-state index contributed by atoms with van der Waals surface area (Å²) in [6.45, 7) is 5.50. The van der Waals surface area contributed by atoms with E-state index in [0.717, 1.165) is 12.1 Å². The van der Waals surface area contributed by atoms with Gasteiger partial charge in [-0.25, -0.2) is 13.4 Å². The Bertz CT molecular complexity index is 776. The van der Waals surface area contributed by atoms with Crippen molar-refractivity contribution in [2.24, 2.45) is 7.05 Å². The molecular weight excluding hydrogens is 318 g/mol. The third-order valence-corrected chi connectivity index (χ3v) is 5.81. The van der Waals surface area contributed by atoms with Gasteiger partial charge in [-0.2, -0.15) is 9.40 Å². The molecule has 0 radical (unpaired) electrons. The number of hydrogen-bond acceptors (Lipinski definition) is 5. The van der Waals surface area contributed by atoms with Crippen LogP contribution in [0.25, 0.3) is 0 Å². The molecule has 23 heavy (non-hydrogen) atoms. The fraction of sp³-hybridized carbons (Fsp3) is 0.571. The summed E-state index contributed by atoms with van der Waals surface area (Å²) in [6.07, 6.45) is 4.87. The number of hydrogen-bond donors (Lipinski definition) is 0. The van der Waals surface area contributed by atoms with E-state index >= 15 is 0 Å². The van der Waals surface area contributed by atoms with Crippen LogP contribution in [-0.2, 0) is 28.4 Å². The maximum Gasteiger partial charge on any atom is 0.262 e. The molecule has 0 aromatic carbocycles. The summed E-state index contributed by atoms with van der Waals surface area (Å²) in [4.78, 5) is 4.15. The van der Waals surface area contributed by atoms with E-state index in [0.29, 0.717) is 19.0 Å². The molecule has 0 bridgehead atoms. The number of morpholine rings is 1. The van der Waals surface area contributed by atoms with Crippen LogP contribution in [0.1, 0.15) is 24.4 Å². The van der Waals surface area contributed by atoms with Crippen LogP contribution in [-0.4, -0.2) is 51.8 Å². The largest absolute Gasteiger partial charge is 0.371 e. The van der Waals surface area contributed by atoms with Crippen molar-refractivity contribution < 1.29 is 13.2 Å². The lowest BCUT2D eigenvalue weighted by molar-refractivity contribution is -0.00266. The molecule has 0 spiro atoms. The first kappa shape index (κ1) is 16.2. The summed E-state index contributed by atoms with van der Waals surface area (Å²) in [6, 6.07) is 0.